The van der Waals surface area contributed by atoms with E-state index >= 15 is 0 Å². The van der Waals surface area contributed by atoms with Crippen molar-refractivity contribution < 1.29 is 8.42 Å². The first-order chi connectivity index (χ1) is 12.4. The van der Waals surface area contributed by atoms with Crippen molar-refractivity contribution in [2.45, 2.75) is 35.9 Å². The van der Waals surface area contributed by atoms with Crippen molar-refractivity contribution in [2.75, 3.05) is 13.1 Å². The summed E-state index contributed by atoms with van der Waals surface area (Å²) in [7, 11) is -3.64. The van der Waals surface area contributed by atoms with E-state index < -0.39 is 10.0 Å². The molecule has 1 aliphatic rings. The predicted octanol–water partition coefficient (Wildman–Crippen LogP) is 2.80. The summed E-state index contributed by atoms with van der Waals surface area (Å²) in [6.07, 6.45) is 2.35. The first-order valence-electron chi connectivity index (χ1n) is 8.62. The number of hydrogen-bond acceptors (Lipinski definition) is 4. The van der Waals surface area contributed by atoms with Gasteiger partial charge in [0, 0.05) is 23.4 Å². The normalized spacial score (nSPS) is 15.7. The molecule has 0 unspecified atom stereocenters. The molecule has 9 heteroatoms. The van der Waals surface area contributed by atoms with E-state index in [9.17, 15) is 8.42 Å². The molecule has 0 amide bonds. The summed E-state index contributed by atoms with van der Waals surface area (Å²) < 4.78 is 22.9. The summed E-state index contributed by atoms with van der Waals surface area (Å²) in [6.45, 7) is 4.02. The van der Waals surface area contributed by atoms with Crippen LogP contribution in [0.5, 0.6) is 0 Å². The minimum Gasteiger partial charge on any atom is -0.357 e. The zero-order valence-electron chi connectivity index (χ0n) is 15.1. The number of nitrogens with one attached hydrogen (secondary N) is 2. The van der Waals surface area contributed by atoms with Crippen molar-refractivity contribution in [3.05, 3.63) is 52.9 Å². The van der Waals surface area contributed by atoms with Crippen LogP contribution < -0.4 is 15.8 Å². The molecule has 0 atom stereocenters. The van der Waals surface area contributed by atoms with Crippen molar-refractivity contribution >= 4 is 51.3 Å². The second-order valence-electron chi connectivity index (χ2n) is 6.46. The van der Waals surface area contributed by atoms with Crippen LogP contribution >= 0.6 is 35.3 Å². The summed E-state index contributed by atoms with van der Waals surface area (Å²) in [6, 6.07) is 13.8. The number of guanidine groups is 1. The molecule has 3 rings (SSSR count). The molecule has 1 aliphatic carbocycles. The molecule has 148 valence electrons. The average Bonchev–Trinajstić information content (AvgIpc) is 3.25. The lowest BCUT2D eigenvalue weighted by molar-refractivity contribution is 0.600. The van der Waals surface area contributed by atoms with Gasteiger partial charge in [-0.15, -0.1) is 35.3 Å². The fourth-order valence-electron chi connectivity index (χ4n) is 2.86. The van der Waals surface area contributed by atoms with Gasteiger partial charge < -0.3 is 10.6 Å². The fourth-order valence-corrected chi connectivity index (χ4v) is 4.56. The molecule has 0 saturated heterocycles. The third-order valence-electron chi connectivity index (χ3n) is 4.49. The van der Waals surface area contributed by atoms with Crippen molar-refractivity contribution in [2.24, 2.45) is 10.1 Å². The Hall–Kier alpha value is -1.17. The molecule has 6 nitrogen and oxygen atoms in total. The van der Waals surface area contributed by atoms with Crippen LogP contribution in [-0.4, -0.2) is 27.5 Å². The van der Waals surface area contributed by atoms with Crippen LogP contribution in [0.15, 0.2) is 51.7 Å². The maximum absolute atomic E-state index is 11.4. The van der Waals surface area contributed by atoms with Gasteiger partial charge >= 0.3 is 0 Å². The van der Waals surface area contributed by atoms with Gasteiger partial charge in [0.15, 0.2) is 5.96 Å². The van der Waals surface area contributed by atoms with Crippen molar-refractivity contribution in [3.8, 4) is 0 Å². The SMILES string of the molecule is CCNC(=NCc1ccc(S(N)(=O)=O)s1)NCC1(c2ccccc2)CC1.I. The molecular formula is C18H25IN4O2S2. The van der Waals surface area contributed by atoms with Gasteiger partial charge in [0.1, 0.15) is 4.21 Å². The summed E-state index contributed by atoms with van der Waals surface area (Å²) in [4.78, 5) is 5.43. The Labute approximate surface area is 181 Å². The second kappa shape index (κ2) is 9.35. The fraction of sp³-hybridized carbons (Fsp3) is 0.389. The van der Waals surface area contributed by atoms with Crippen LogP contribution in [0.2, 0.25) is 0 Å². The largest absolute Gasteiger partial charge is 0.357 e. The van der Waals surface area contributed by atoms with Gasteiger partial charge in [-0.1, -0.05) is 30.3 Å². The van der Waals surface area contributed by atoms with E-state index in [0.29, 0.717) is 6.54 Å². The number of benzene rings is 1. The van der Waals surface area contributed by atoms with E-state index in [1.54, 1.807) is 6.07 Å². The first kappa shape index (κ1) is 22.1. The number of primary sulfonamides is 1. The van der Waals surface area contributed by atoms with E-state index in [1.165, 1.54) is 24.5 Å². The Kier molecular flexibility index (Phi) is 7.66. The van der Waals surface area contributed by atoms with Crippen LogP contribution in [0, 0.1) is 0 Å². The minimum atomic E-state index is -3.64. The third-order valence-corrected chi connectivity index (χ3v) is 7.00. The Balaban J connectivity index is 0.00000261. The zero-order valence-corrected chi connectivity index (χ0v) is 19.1. The highest BCUT2D eigenvalue weighted by Crippen LogP contribution is 2.47. The lowest BCUT2D eigenvalue weighted by atomic mass is 9.96. The highest BCUT2D eigenvalue weighted by Gasteiger charge is 2.43. The standard InChI is InChI=1S/C18H24N4O2S2.HI/c1-2-20-17(21-12-15-8-9-16(25-15)26(19,23)24)22-13-18(10-11-18)14-6-4-3-5-7-14;/h3-9H,2,10-13H2,1H3,(H2,19,23,24)(H2,20,21,22);1H. The van der Waals surface area contributed by atoms with Crippen molar-refractivity contribution in [3.63, 3.8) is 0 Å². The number of nitrogens with two attached hydrogens (primary N) is 1. The lowest BCUT2D eigenvalue weighted by Crippen LogP contribution is -2.41. The average molecular weight is 520 g/mol. The topological polar surface area (TPSA) is 96.6 Å². The molecule has 0 radical (unpaired) electrons. The number of rotatable bonds is 7. The molecule has 0 bridgehead atoms. The quantitative estimate of drug-likeness (QED) is 0.297. The number of hydrogen-bond donors (Lipinski definition) is 3. The number of halogens is 1. The maximum Gasteiger partial charge on any atom is 0.247 e. The smallest absolute Gasteiger partial charge is 0.247 e. The van der Waals surface area contributed by atoms with Gasteiger partial charge in [-0.2, -0.15) is 0 Å². The molecule has 1 fully saturated rings. The molecular weight excluding hydrogens is 495 g/mol. The van der Waals surface area contributed by atoms with Crippen LogP contribution in [0.1, 0.15) is 30.2 Å². The highest BCUT2D eigenvalue weighted by molar-refractivity contribution is 14.0. The Morgan fingerprint density at radius 2 is 1.89 bits per heavy atom. The summed E-state index contributed by atoms with van der Waals surface area (Å²) in [5, 5.41) is 11.8. The van der Waals surface area contributed by atoms with Gasteiger partial charge in [0.2, 0.25) is 10.0 Å². The number of thiophene rings is 1. The molecule has 1 saturated carbocycles. The van der Waals surface area contributed by atoms with E-state index in [0.717, 1.165) is 35.3 Å². The van der Waals surface area contributed by atoms with E-state index in [1.807, 2.05) is 13.0 Å². The van der Waals surface area contributed by atoms with Gasteiger partial charge in [0.25, 0.3) is 0 Å². The van der Waals surface area contributed by atoms with Gasteiger partial charge in [-0.05, 0) is 37.5 Å². The molecule has 0 spiro atoms. The summed E-state index contributed by atoms with van der Waals surface area (Å²) in [5.74, 6) is 0.736. The predicted molar refractivity (Wildman–Crippen MR) is 121 cm³/mol. The zero-order chi connectivity index (χ0) is 18.6. The first-order valence-corrected chi connectivity index (χ1v) is 11.0. The van der Waals surface area contributed by atoms with Crippen LogP contribution in [0.25, 0.3) is 0 Å². The van der Waals surface area contributed by atoms with Crippen molar-refractivity contribution in [1.29, 1.82) is 0 Å². The number of sulfonamides is 1. The lowest BCUT2D eigenvalue weighted by Gasteiger charge is -2.19. The van der Waals surface area contributed by atoms with Crippen LogP contribution in [-0.2, 0) is 22.0 Å². The van der Waals surface area contributed by atoms with E-state index in [2.05, 4.69) is 39.9 Å². The monoisotopic (exact) mass is 520 g/mol. The summed E-state index contributed by atoms with van der Waals surface area (Å²) >= 11 is 1.16. The molecule has 1 heterocycles. The van der Waals surface area contributed by atoms with E-state index in [-0.39, 0.29) is 33.6 Å². The van der Waals surface area contributed by atoms with Crippen LogP contribution in [0.4, 0.5) is 0 Å². The van der Waals surface area contributed by atoms with Gasteiger partial charge in [0.05, 0.1) is 6.54 Å². The van der Waals surface area contributed by atoms with Crippen LogP contribution in [0.3, 0.4) is 0 Å². The number of aliphatic imine (C=N–C) groups is 1. The molecule has 1 aromatic carbocycles. The Bertz CT molecular complexity index is 878. The third kappa shape index (κ3) is 5.90. The molecule has 1 aromatic heterocycles. The number of nitrogens with zero attached hydrogens (tertiary/aromatic N) is 1. The summed E-state index contributed by atoms with van der Waals surface area (Å²) in [5.41, 5.74) is 1.56. The minimum absolute atomic E-state index is 0. The Morgan fingerprint density at radius 1 is 1.19 bits per heavy atom. The molecule has 0 aliphatic heterocycles. The molecule has 27 heavy (non-hydrogen) atoms. The van der Waals surface area contributed by atoms with Gasteiger partial charge in [-0.25, -0.2) is 18.5 Å². The highest BCUT2D eigenvalue weighted by atomic mass is 127. The molecule has 4 N–H and O–H groups in total. The molecule has 2 aromatic rings. The van der Waals surface area contributed by atoms with E-state index in [4.69, 9.17) is 5.14 Å². The second-order valence-corrected chi connectivity index (χ2v) is 9.42. The Morgan fingerprint density at radius 3 is 2.44 bits per heavy atom. The van der Waals surface area contributed by atoms with Gasteiger partial charge in [-0.3, -0.25) is 0 Å². The van der Waals surface area contributed by atoms with Crippen molar-refractivity contribution in [1.82, 2.24) is 10.6 Å². The maximum atomic E-state index is 11.4.